The fourth-order valence-corrected chi connectivity index (χ4v) is 5.48. The first-order chi connectivity index (χ1) is 11.3. The third kappa shape index (κ3) is 3.26. The first kappa shape index (κ1) is 15.4. The lowest BCUT2D eigenvalue weighted by Crippen LogP contribution is -2.51. The molecule has 23 heavy (non-hydrogen) atoms. The first-order valence-corrected chi connectivity index (χ1v) is 9.87. The fraction of sp³-hybridized carbons (Fsp3) is 0.650. The summed E-state index contributed by atoms with van der Waals surface area (Å²) in [6, 6.07) is 12.0. The zero-order valence-electron chi connectivity index (χ0n) is 13.9. The molecule has 3 aliphatic rings. The molecule has 0 saturated heterocycles. The number of thiocarbonyl (C=S) groups is 1. The van der Waals surface area contributed by atoms with Gasteiger partial charge in [0.25, 0.3) is 0 Å². The molecule has 0 aliphatic heterocycles. The van der Waals surface area contributed by atoms with Gasteiger partial charge in [0.15, 0.2) is 5.11 Å². The lowest BCUT2D eigenvalue weighted by molar-refractivity contribution is 0.386. The molecule has 3 saturated carbocycles. The summed E-state index contributed by atoms with van der Waals surface area (Å²) in [5.74, 6) is 1.82. The minimum absolute atomic E-state index is 0.574. The molecule has 0 heterocycles. The predicted molar refractivity (Wildman–Crippen MR) is 101 cm³/mol. The summed E-state index contributed by atoms with van der Waals surface area (Å²) in [5, 5.41) is 4.74. The van der Waals surface area contributed by atoms with E-state index in [2.05, 4.69) is 40.5 Å². The Morgan fingerprint density at radius 2 is 1.74 bits per heavy atom. The fourth-order valence-electron chi connectivity index (χ4n) is 5.07. The molecule has 0 amide bonds. The molecular weight excluding hydrogens is 300 g/mol. The van der Waals surface area contributed by atoms with Crippen LogP contribution < -0.4 is 10.2 Å². The molecule has 3 fully saturated rings. The molecule has 3 atom stereocenters. The highest BCUT2D eigenvalue weighted by molar-refractivity contribution is 7.80. The maximum absolute atomic E-state index is 5.91. The van der Waals surface area contributed by atoms with E-state index in [1.807, 2.05) is 0 Å². The van der Waals surface area contributed by atoms with Crippen LogP contribution in [0.1, 0.15) is 57.8 Å². The molecule has 124 valence electrons. The van der Waals surface area contributed by atoms with E-state index in [0.717, 1.165) is 16.9 Å². The van der Waals surface area contributed by atoms with Crippen molar-refractivity contribution in [3.8, 4) is 0 Å². The molecule has 0 aromatic heterocycles. The van der Waals surface area contributed by atoms with E-state index in [1.54, 1.807) is 0 Å². The molecule has 1 aromatic carbocycles. The molecule has 4 rings (SSSR count). The number of nitrogens with zero attached hydrogens (tertiary/aromatic N) is 1. The van der Waals surface area contributed by atoms with Gasteiger partial charge in [0.2, 0.25) is 0 Å². The molecule has 3 unspecified atom stereocenters. The van der Waals surface area contributed by atoms with Crippen molar-refractivity contribution >= 4 is 23.0 Å². The van der Waals surface area contributed by atoms with E-state index >= 15 is 0 Å². The summed E-state index contributed by atoms with van der Waals surface area (Å²) in [5.41, 5.74) is 1.26. The Morgan fingerprint density at radius 1 is 0.957 bits per heavy atom. The third-order valence-electron chi connectivity index (χ3n) is 6.24. The smallest absolute Gasteiger partial charge is 0.173 e. The van der Waals surface area contributed by atoms with Gasteiger partial charge >= 0.3 is 0 Å². The quantitative estimate of drug-likeness (QED) is 0.795. The summed E-state index contributed by atoms with van der Waals surface area (Å²) in [6.45, 7) is 0. The third-order valence-corrected chi connectivity index (χ3v) is 6.55. The second-order valence-corrected chi connectivity index (χ2v) is 8.11. The number of nitrogens with one attached hydrogen (secondary N) is 1. The molecule has 1 aromatic rings. The number of hydrogen-bond acceptors (Lipinski definition) is 1. The minimum atomic E-state index is 0.574. The number of benzene rings is 1. The number of hydrogen-bond donors (Lipinski definition) is 1. The summed E-state index contributed by atoms with van der Waals surface area (Å²) >= 11 is 5.91. The van der Waals surface area contributed by atoms with E-state index in [9.17, 15) is 0 Å². The van der Waals surface area contributed by atoms with Crippen LogP contribution in [0.3, 0.4) is 0 Å². The van der Waals surface area contributed by atoms with Crippen molar-refractivity contribution in [3.05, 3.63) is 30.3 Å². The zero-order chi connectivity index (χ0) is 15.6. The van der Waals surface area contributed by atoms with Crippen LogP contribution in [-0.4, -0.2) is 17.2 Å². The molecule has 0 spiro atoms. The van der Waals surface area contributed by atoms with Gasteiger partial charge in [-0.2, -0.15) is 0 Å². The van der Waals surface area contributed by atoms with Crippen LogP contribution in [0.5, 0.6) is 0 Å². The van der Waals surface area contributed by atoms with E-state index < -0.39 is 0 Å². The minimum Gasteiger partial charge on any atom is -0.359 e. The normalized spacial score (nSPS) is 30.3. The Kier molecular flexibility index (Phi) is 4.57. The Hall–Kier alpha value is -1.09. The summed E-state index contributed by atoms with van der Waals surface area (Å²) in [6.07, 6.45) is 12.2. The first-order valence-electron chi connectivity index (χ1n) is 9.46. The van der Waals surface area contributed by atoms with Crippen LogP contribution in [-0.2, 0) is 0 Å². The highest BCUT2D eigenvalue weighted by atomic mass is 32.1. The van der Waals surface area contributed by atoms with Gasteiger partial charge in [0.1, 0.15) is 0 Å². The Balaban J connectivity index is 1.51. The van der Waals surface area contributed by atoms with Gasteiger partial charge in [-0.3, -0.25) is 0 Å². The Labute approximate surface area is 145 Å². The van der Waals surface area contributed by atoms with Gasteiger partial charge in [-0.05, 0) is 68.3 Å². The lowest BCUT2D eigenvalue weighted by Gasteiger charge is -2.38. The van der Waals surface area contributed by atoms with Crippen LogP contribution in [0.2, 0.25) is 0 Å². The van der Waals surface area contributed by atoms with Crippen molar-refractivity contribution in [2.45, 2.75) is 69.9 Å². The van der Waals surface area contributed by atoms with E-state index in [0.29, 0.717) is 12.1 Å². The summed E-state index contributed by atoms with van der Waals surface area (Å²) < 4.78 is 0. The van der Waals surface area contributed by atoms with Gasteiger partial charge in [-0.25, -0.2) is 0 Å². The van der Waals surface area contributed by atoms with E-state index in [1.165, 1.54) is 63.5 Å². The maximum Gasteiger partial charge on any atom is 0.173 e. The molecule has 0 radical (unpaired) electrons. The van der Waals surface area contributed by atoms with Crippen molar-refractivity contribution < 1.29 is 0 Å². The average molecular weight is 329 g/mol. The molecule has 3 heteroatoms. The van der Waals surface area contributed by atoms with Gasteiger partial charge in [-0.1, -0.05) is 43.9 Å². The van der Waals surface area contributed by atoms with E-state index in [-0.39, 0.29) is 0 Å². The van der Waals surface area contributed by atoms with Crippen LogP contribution in [0.4, 0.5) is 5.69 Å². The van der Waals surface area contributed by atoms with Gasteiger partial charge in [-0.15, -0.1) is 0 Å². The van der Waals surface area contributed by atoms with Gasteiger partial charge in [0, 0.05) is 17.8 Å². The molecular formula is C20H28N2S. The Morgan fingerprint density at radius 3 is 2.39 bits per heavy atom. The van der Waals surface area contributed by atoms with Crippen molar-refractivity contribution in [2.75, 3.05) is 4.90 Å². The van der Waals surface area contributed by atoms with Crippen molar-refractivity contribution in [2.24, 2.45) is 11.8 Å². The van der Waals surface area contributed by atoms with Crippen LogP contribution in [0.15, 0.2) is 30.3 Å². The number of para-hydroxylation sites is 1. The van der Waals surface area contributed by atoms with E-state index in [4.69, 9.17) is 12.2 Å². The molecule has 1 N–H and O–H groups in total. The summed E-state index contributed by atoms with van der Waals surface area (Å²) in [7, 11) is 0. The van der Waals surface area contributed by atoms with Crippen molar-refractivity contribution in [3.63, 3.8) is 0 Å². The SMILES string of the molecule is S=C(NC1CC2CCC1C2)N(c1ccccc1)C1CCCCC1. The second-order valence-electron chi connectivity index (χ2n) is 7.73. The predicted octanol–water partition coefficient (Wildman–Crippen LogP) is 4.89. The van der Waals surface area contributed by atoms with Gasteiger partial charge in [0.05, 0.1) is 0 Å². The largest absolute Gasteiger partial charge is 0.359 e. The highest BCUT2D eigenvalue weighted by Gasteiger charge is 2.40. The van der Waals surface area contributed by atoms with Crippen molar-refractivity contribution in [1.29, 1.82) is 0 Å². The molecule has 2 nitrogen and oxygen atoms in total. The summed E-state index contributed by atoms with van der Waals surface area (Å²) in [4.78, 5) is 2.43. The zero-order valence-corrected chi connectivity index (χ0v) is 14.7. The van der Waals surface area contributed by atoms with Crippen LogP contribution in [0.25, 0.3) is 0 Å². The number of anilines is 1. The van der Waals surface area contributed by atoms with Crippen LogP contribution in [0, 0.1) is 11.8 Å². The van der Waals surface area contributed by atoms with Gasteiger partial charge < -0.3 is 10.2 Å². The number of rotatable bonds is 3. The molecule has 3 aliphatic carbocycles. The average Bonchev–Trinajstić information content (AvgIpc) is 3.20. The topological polar surface area (TPSA) is 15.3 Å². The maximum atomic E-state index is 5.91. The number of fused-ring (bicyclic) bond motifs is 2. The lowest BCUT2D eigenvalue weighted by atomic mass is 9.93. The second kappa shape index (κ2) is 6.80. The monoisotopic (exact) mass is 328 g/mol. The standard InChI is InChI=1S/C20H28N2S/c23-20(21-19-14-15-11-12-16(19)13-15)22(17-7-3-1-4-8-17)18-9-5-2-6-10-18/h1,3-4,7-8,15-16,18-19H,2,5-6,9-14H2,(H,21,23). The van der Waals surface area contributed by atoms with Crippen molar-refractivity contribution in [1.82, 2.24) is 5.32 Å². The highest BCUT2D eigenvalue weighted by Crippen LogP contribution is 2.44. The molecule has 2 bridgehead atoms. The van der Waals surface area contributed by atoms with Crippen LogP contribution >= 0.6 is 12.2 Å². The Bertz CT molecular complexity index is 538.